The van der Waals surface area contributed by atoms with Gasteiger partial charge in [-0.1, -0.05) is 187 Å². The molecule has 69 heavy (non-hydrogen) atoms. The van der Waals surface area contributed by atoms with Crippen LogP contribution in [-0.2, 0) is 37.3 Å². The van der Waals surface area contributed by atoms with Gasteiger partial charge in [0.25, 0.3) is 0 Å². The Kier molecular flexibility index (Phi) is 7.93. The second kappa shape index (κ2) is 19.3. The van der Waals surface area contributed by atoms with Gasteiger partial charge in [-0.05, 0) is 121 Å². The second-order valence-electron chi connectivity index (χ2n) is 19.3. The Morgan fingerprint density at radius 3 is 1.84 bits per heavy atom. The van der Waals surface area contributed by atoms with Crippen LogP contribution < -0.4 is 0 Å². The molecule has 2 aromatic heterocycles. The number of fused-ring (bicyclic) bond motifs is 1. The molecular formula is C64H72N3OPt-. The van der Waals surface area contributed by atoms with Gasteiger partial charge in [0.1, 0.15) is 11.6 Å². The van der Waals surface area contributed by atoms with Gasteiger partial charge in [0, 0.05) is 71.4 Å². The third kappa shape index (κ3) is 10.5. The van der Waals surface area contributed by atoms with Gasteiger partial charge in [0.2, 0.25) is 0 Å². The predicted molar refractivity (Wildman–Crippen MR) is 290 cm³/mol. The predicted octanol–water partition coefficient (Wildman–Crippen LogP) is 17.8. The summed E-state index contributed by atoms with van der Waals surface area (Å²) in [5.41, 5.74) is -7.61. The molecule has 6 aromatic carbocycles. The van der Waals surface area contributed by atoms with Crippen LogP contribution in [0.3, 0.4) is 0 Å². The minimum atomic E-state index is -4.28. The molecule has 8 rings (SSSR count). The minimum absolute atomic E-state index is 0. The molecule has 0 aliphatic rings. The number of benzene rings is 6. The van der Waals surface area contributed by atoms with Crippen LogP contribution in [0.5, 0.6) is 5.75 Å². The number of aromatic nitrogens is 3. The van der Waals surface area contributed by atoms with E-state index < -0.39 is 116 Å². The van der Waals surface area contributed by atoms with E-state index in [1.807, 2.05) is 69.3 Å². The summed E-state index contributed by atoms with van der Waals surface area (Å²) in [7, 11) is 0. The van der Waals surface area contributed by atoms with Crippen molar-refractivity contribution in [2.75, 3.05) is 0 Å². The molecule has 0 bridgehead atoms. The third-order valence-electron chi connectivity index (χ3n) is 12.4. The van der Waals surface area contributed by atoms with E-state index in [1.54, 1.807) is 78.1 Å². The maximum atomic E-state index is 13.1. The van der Waals surface area contributed by atoms with Gasteiger partial charge in [-0.25, -0.2) is 4.98 Å². The maximum Gasteiger partial charge on any atom is 0.148 e. The summed E-state index contributed by atoms with van der Waals surface area (Å²) in [6.45, 7) is -12.3. The van der Waals surface area contributed by atoms with Gasteiger partial charge in [-0.15, -0.1) is 29.3 Å². The Balaban J connectivity index is 0.0000123. The van der Waals surface area contributed by atoms with Crippen LogP contribution in [0.4, 0.5) is 0 Å². The van der Waals surface area contributed by atoms with Gasteiger partial charge in [0.05, 0.1) is 22.3 Å². The zero-order valence-corrected chi connectivity index (χ0v) is 42.4. The second-order valence-corrected chi connectivity index (χ2v) is 19.3. The number of pyridine rings is 1. The average Bonchev–Trinajstić information content (AvgIpc) is 0.942. The molecule has 5 heteroatoms. The van der Waals surface area contributed by atoms with Crippen molar-refractivity contribution >= 4 is 11.0 Å². The normalized spacial score (nSPS) is 19.3. The molecule has 360 valence electrons. The maximum absolute atomic E-state index is 13.1. The van der Waals surface area contributed by atoms with Crippen LogP contribution >= 0.6 is 0 Å². The van der Waals surface area contributed by atoms with Crippen LogP contribution in [0.15, 0.2) is 121 Å². The van der Waals surface area contributed by atoms with Crippen LogP contribution in [0.1, 0.15) is 193 Å². The minimum Gasteiger partial charge on any atom is -0.507 e. The molecule has 0 spiro atoms. The molecule has 0 radical (unpaired) electrons. The van der Waals surface area contributed by atoms with Crippen LogP contribution in [0.2, 0.25) is 0 Å². The van der Waals surface area contributed by atoms with Gasteiger partial charge >= 0.3 is 0 Å². The van der Waals surface area contributed by atoms with Gasteiger partial charge in [0.15, 0.2) is 0 Å². The number of para-hydroxylation sites is 1. The van der Waals surface area contributed by atoms with Gasteiger partial charge in [-0.3, -0.25) is 9.55 Å². The number of aromatic hydroxyl groups is 1. The zero-order valence-electron chi connectivity index (χ0n) is 64.2. The van der Waals surface area contributed by atoms with E-state index in [9.17, 15) is 9.22 Å². The summed E-state index contributed by atoms with van der Waals surface area (Å²) in [6, 6.07) is 33.1. The van der Waals surface area contributed by atoms with Crippen molar-refractivity contribution < 1.29 is 59.1 Å². The third-order valence-corrected chi connectivity index (χ3v) is 12.4. The van der Waals surface area contributed by atoms with E-state index in [1.165, 1.54) is 24.3 Å². The molecule has 4 nitrogen and oxygen atoms in total. The van der Waals surface area contributed by atoms with Crippen LogP contribution in [0.25, 0.3) is 72.7 Å². The molecule has 1 N–H and O–H groups in total. The van der Waals surface area contributed by atoms with E-state index >= 15 is 0 Å². The molecule has 0 fully saturated rings. The first-order valence-electron chi connectivity index (χ1n) is 34.4. The van der Waals surface area contributed by atoms with Crippen molar-refractivity contribution in [1.82, 2.24) is 14.5 Å². The summed E-state index contributed by atoms with van der Waals surface area (Å²) >= 11 is 0. The van der Waals surface area contributed by atoms with E-state index in [-0.39, 0.29) is 55.0 Å². The Morgan fingerprint density at radius 2 is 1.22 bits per heavy atom. The number of phenols is 1. The summed E-state index contributed by atoms with van der Waals surface area (Å²) in [4.78, 5) is 9.81. The Hall–Kier alpha value is -5.57. The van der Waals surface area contributed by atoms with Gasteiger partial charge < -0.3 is 5.11 Å². The van der Waals surface area contributed by atoms with E-state index in [4.69, 9.17) is 38.8 Å². The van der Waals surface area contributed by atoms with E-state index in [0.717, 1.165) is 26.8 Å². The Labute approximate surface area is 461 Å². The van der Waals surface area contributed by atoms with Crippen molar-refractivity contribution in [3.63, 3.8) is 0 Å². The fraction of sp³-hybridized carbons (Fsp3) is 0.344. The van der Waals surface area contributed by atoms with Crippen LogP contribution in [-0.4, -0.2) is 19.6 Å². The summed E-state index contributed by atoms with van der Waals surface area (Å²) in [5, 5.41) is 13.1. The molecule has 0 unspecified atom stereocenters. The zero-order chi connectivity index (χ0) is 69.5. The summed E-state index contributed by atoms with van der Waals surface area (Å²) < 4.78 is 214. The summed E-state index contributed by atoms with van der Waals surface area (Å²) in [6.07, 6.45) is 1.63. The monoisotopic (exact) mass is 1120 g/mol. The number of phenolic OH excluding ortho intramolecular Hbond substituents is 1. The number of hydrogen-bond donors (Lipinski definition) is 1. The quantitative estimate of drug-likeness (QED) is 0.147. The number of aryl methyl sites for hydroxylation is 1. The molecule has 8 aromatic rings. The Bertz CT molecular complexity index is 4020. The fourth-order valence-corrected chi connectivity index (χ4v) is 8.37. The average molecular weight is 1120 g/mol. The molecule has 0 saturated carbocycles. The first-order chi connectivity index (χ1) is 41.5. The van der Waals surface area contributed by atoms with Crippen LogP contribution in [0, 0.1) is 12.9 Å². The van der Waals surface area contributed by atoms with Crippen molar-refractivity contribution in [2.45, 2.75) is 144 Å². The van der Waals surface area contributed by atoms with E-state index in [0.29, 0.717) is 39.6 Å². The fourth-order valence-electron chi connectivity index (χ4n) is 8.37. The molecule has 0 atom stereocenters. The van der Waals surface area contributed by atoms with Crippen molar-refractivity contribution in [3.8, 4) is 67.5 Å². The number of nitrogens with zero attached hydrogens (tertiary/aromatic N) is 3. The van der Waals surface area contributed by atoms with Crippen molar-refractivity contribution in [3.05, 3.63) is 166 Å². The first kappa shape index (κ1) is 28.3. The molecule has 2 heterocycles. The van der Waals surface area contributed by atoms with E-state index in [2.05, 4.69) is 6.07 Å². The van der Waals surface area contributed by atoms with Crippen molar-refractivity contribution in [2.24, 2.45) is 0 Å². The molecule has 0 amide bonds. The molecule has 0 saturated heterocycles. The SMILES string of the molecule is [2H]C([2H])([2H])c1cc(-c2cc(C([2H])(C)C)cc(C([2H])(C)C)c2)ccc1-n1c(-c2cc(C(C([2H])([2H])[2H])(C([2H])([2H])[2H])C([2H])([2H])[2H])cc(C(C([2H])([2H])[2H])(C([2H])([2H])[2H])C([2H])([2H])[2H])c2O)nc2c(-c3[c-]c(-c4cc(-c5ccc(C([2H])(C)C)cc5)ccn4)cc(C(C)(C)C)c3)cccc21.[Pt]. The number of rotatable bonds is 9. The number of hydrogen-bond acceptors (Lipinski definition) is 3. The summed E-state index contributed by atoms with van der Waals surface area (Å²) in [5.74, 6) is -5.54. The topological polar surface area (TPSA) is 50.9 Å². The Morgan fingerprint density at radius 1 is 0.594 bits per heavy atom. The molecular weight excluding hydrogens is 1020 g/mol. The molecule has 0 aliphatic heterocycles. The number of imidazole rings is 1. The van der Waals surface area contributed by atoms with Crippen molar-refractivity contribution in [1.29, 1.82) is 0 Å². The standard InChI is InChI=1S/C64H72N3O.Pt/c1-38(2)42-20-22-43(23-21-42)45-26-27-65-56(35-45)50-32-49(33-51(34-50)62(8,9)10)53-18-17-19-58-59(53)66-61(54-36-52(63(11,12)13)37-55(60(54)68)64(14,15)16)67(58)57-25-24-44(28-41(57)7)48-30-46(39(3)4)29-47(31-48)40(5)6;/h17-31,33-40,68H,1-16H3;/q-1;/i7D3,11D3,12D3,13D3,14D3,15D3,16D3,38D,39D,40D;. The largest absolute Gasteiger partial charge is 0.507 e. The first-order valence-corrected chi connectivity index (χ1v) is 22.4. The smallest absolute Gasteiger partial charge is 0.148 e. The molecule has 0 aliphatic carbocycles. The van der Waals surface area contributed by atoms with Gasteiger partial charge in [-0.2, -0.15) is 0 Å².